The van der Waals surface area contributed by atoms with E-state index >= 15 is 0 Å². The van der Waals surface area contributed by atoms with Crippen molar-refractivity contribution in [1.29, 1.82) is 0 Å². The third-order valence-corrected chi connectivity index (χ3v) is 4.39. The first-order valence-corrected chi connectivity index (χ1v) is 7.23. The SMILES string of the molecule is COc1cc(C)c(CCc2cccs2)cc1Br. The summed E-state index contributed by atoms with van der Waals surface area (Å²) in [6.45, 7) is 2.14. The Bertz CT molecular complexity index is 491. The first-order chi connectivity index (χ1) is 8.20. The van der Waals surface area contributed by atoms with Crippen molar-refractivity contribution in [3.63, 3.8) is 0 Å². The summed E-state index contributed by atoms with van der Waals surface area (Å²) in [7, 11) is 1.70. The molecule has 2 aromatic rings. The third kappa shape index (κ3) is 3.11. The smallest absolute Gasteiger partial charge is 0.133 e. The van der Waals surface area contributed by atoms with Gasteiger partial charge in [0.25, 0.3) is 0 Å². The van der Waals surface area contributed by atoms with Gasteiger partial charge in [-0.15, -0.1) is 11.3 Å². The Morgan fingerprint density at radius 1 is 1.29 bits per heavy atom. The maximum absolute atomic E-state index is 5.29. The lowest BCUT2D eigenvalue weighted by molar-refractivity contribution is 0.411. The normalized spacial score (nSPS) is 10.5. The van der Waals surface area contributed by atoms with Gasteiger partial charge in [0, 0.05) is 4.88 Å². The minimum absolute atomic E-state index is 0.905. The average molecular weight is 311 g/mol. The molecule has 3 heteroatoms. The van der Waals surface area contributed by atoms with Crippen molar-refractivity contribution < 1.29 is 4.74 Å². The summed E-state index contributed by atoms with van der Waals surface area (Å²) >= 11 is 5.36. The van der Waals surface area contributed by atoms with Crippen molar-refractivity contribution in [1.82, 2.24) is 0 Å². The lowest BCUT2D eigenvalue weighted by Crippen LogP contribution is -1.95. The molecule has 1 aromatic heterocycles. The van der Waals surface area contributed by atoms with Crippen molar-refractivity contribution in [2.24, 2.45) is 0 Å². The fourth-order valence-corrected chi connectivity index (χ4v) is 3.10. The minimum atomic E-state index is 0.905. The molecule has 0 saturated carbocycles. The molecule has 0 saturated heterocycles. The number of benzene rings is 1. The van der Waals surface area contributed by atoms with Gasteiger partial charge in [-0.3, -0.25) is 0 Å². The van der Waals surface area contributed by atoms with Crippen LogP contribution in [0.15, 0.2) is 34.1 Å². The minimum Gasteiger partial charge on any atom is -0.496 e. The van der Waals surface area contributed by atoms with E-state index in [-0.39, 0.29) is 0 Å². The zero-order chi connectivity index (χ0) is 12.3. The van der Waals surface area contributed by atoms with Crippen LogP contribution in [0.4, 0.5) is 0 Å². The number of rotatable bonds is 4. The van der Waals surface area contributed by atoms with E-state index in [0.717, 1.165) is 23.1 Å². The predicted molar refractivity (Wildman–Crippen MR) is 77.2 cm³/mol. The maximum atomic E-state index is 5.29. The summed E-state index contributed by atoms with van der Waals surface area (Å²) in [4.78, 5) is 1.44. The molecule has 0 aliphatic rings. The Hall–Kier alpha value is -0.800. The Morgan fingerprint density at radius 2 is 2.12 bits per heavy atom. The molecule has 0 spiro atoms. The van der Waals surface area contributed by atoms with E-state index in [2.05, 4.69) is 52.5 Å². The highest BCUT2D eigenvalue weighted by molar-refractivity contribution is 9.10. The van der Waals surface area contributed by atoms with Crippen LogP contribution in [0.1, 0.15) is 16.0 Å². The summed E-state index contributed by atoms with van der Waals surface area (Å²) in [5.74, 6) is 0.905. The molecule has 1 aromatic carbocycles. The van der Waals surface area contributed by atoms with Crippen LogP contribution in [0, 0.1) is 6.92 Å². The Labute approximate surface area is 115 Å². The first kappa shape index (κ1) is 12.7. The Morgan fingerprint density at radius 3 is 2.76 bits per heavy atom. The summed E-state index contributed by atoms with van der Waals surface area (Å²) in [6, 6.07) is 8.56. The van der Waals surface area contributed by atoms with Gasteiger partial charge < -0.3 is 4.74 Å². The van der Waals surface area contributed by atoms with E-state index in [1.807, 2.05) is 11.3 Å². The summed E-state index contributed by atoms with van der Waals surface area (Å²) < 4.78 is 6.32. The molecule has 17 heavy (non-hydrogen) atoms. The number of halogens is 1. The van der Waals surface area contributed by atoms with E-state index in [0.29, 0.717) is 0 Å². The van der Waals surface area contributed by atoms with Crippen LogP contribution >= 0.6 is 27.3 Å². The average Bonchev–Trinajstić information content (AvgIpc) is 2.82. The molecule has 0 amide bonds. The number of methoxy groups -OCH3 is 1. The van der Waals surface area contributed by atoms with Crippen molar-refractivity contribution in [3.05, 3.63) is 50.1 Å². The van der Waals surface area contributed by atoms with Crippen LogP contribution in [-0.4, -0.2) is 7.11 Å². The van der Waals surface area contributed by atoms with E-state index < -0.39 is 0 Å². The highest BCUT2D eigenvalue weighted by Crippen LogP contribution is 2.29. The van der Waals surface area contributed by atoms with Crippen LogP contribution in [0.3, 0.4) is 0 Å². The quantitative estimate of drug-likeness (QED) is 0.801. The molecule has 90 valence electrons. The van der Waals surface area contributed by atoms with Gasteiger partial charge in [0.1, 0.15) is 5.75 Å². The second-order valence-corrected chi connectivity index (χ2v) is 5.88. The fourth-order valence-electron chi connectivity index (χ4n) is 1.83. The number of hydrogen-bond donors (Lipinski definition) is 0. The summed E-state index contributed by atoms with van der Waals surface area (Å²) in [5.41, 5.74) is 2.67. The highest BCUT2D eigenvalue weighted by atomic mass is 79.9. The number of hydrogen-bond acceptors (Lipinski definition) is 2. The van der Waals surface area contributed by atoms with Crippen LogP contribution in [0.25, 0.3) is 0 Å². The predicted octanol–water partition coefficient (Wildman–Crippen LogP) is 4.61. The molecule has 0 fully saturated rings. The molecule has 2 rings (SSSR count). The Kier molecular flexibility index (Phi) is 4.24. The van der Waals surface area contributed by atoms with Gasteiger partial charge in [-0.05, 0) is 70.4 Å². The first-order valence-electron chi connectivity index (χ1n) is 5.56. The number of thiophene rings is 1. The zero-order valence-corrected chi connectivity index (χ0v) is 12.4. The maximum Gasteiger partial charge on any atom is 0.133 e. The van der Waals surface area contributed by atoms with Gasteiger partial charge in [-0.2, -0.15) is 0 Å². The van der Waals surface area contributed by atoms with E-state index in [1.165, 1.54) is 16.0 Å². The van der Waals surface area contributed by atoms with Crippen molar-refractivity contribution in [3.8, 4) is 5.75 Å². The van der Waals surface area contributed by atoms with Gasteiger partial charge in [0.15, 0.2) is 0 Å². The molecule has 0 N–H and O–H groups in total. The third-order valence-electron chi connectivity index (χ3n) is 2.83. The molecular weight excluding hydrogens is 296 g/mol. The van der Waals surface area contributed by atoms with Gasteiger partial charge >= 0.3 is 0 Å². The van der Waals surface area contributed by atoms with Crippen LogP contribution < -0.4 is 4.74 Å². The molecular formula is C14H15BrOS. The standard InChI is InChI=1S/C14H15BrOS/c1-10-8-14(16-2)13(15)9-11(10)5-6-12-4-3-7-17-12/h3-4,7-9H,5-6H2,1-2H3. The van der Waals surface area contributed by atoms with Crippen LogP contribution in [0.2, 0.25) is 0 Å². The van der Waals surface area contributed by atoms with E-state index in [4.69, 9.17) is 4.74 Å². The fraction of sp³-hybridized carbons (Fsp3) is 0.286. The number of ether oxygens (including phenoxy) is 1. The molecule has 0 unspecified atom stereocenters. The van der Waals surface area contributed by atoms with Crippen LogP contribution in [-0.2, 0) is 12.8 Å². The molecule has 0 bridgehead atoms. The zero-order valence-electron chi connectivity index (χ0n) is 10.00. The van der Waals surface area contributed by atoms with Crippen molar-refractivity contribution in [2.75, 3.05) is 7.11 Å². The monoisotopic (exact) mass is 310 g/mol. The van der Waals surface area contributed by atoms with Crippen molar-refractivity contribution >= 4 is 27.3 Å². The molecule has 0 aliphatic carbocycles. The molecule has 0 aliphatic heterocycles. The topological polar surface area (TPSA) is 9.23 Å². The number of aryl methyl sites for hydroxylation is 3. The lowest BCUT2D eigenvalue weighted by Gasteiger charge is -2.10. The summed E-state index contributed by atoms with van der Waals surface area (Å²) in [6.07, 6.45) is 2.19. The van der Waals surface area contributed by atoms with Gasteiger partial charge in [0.05, 0.1) is 11.6 Å². The molecule has 1 nitrogen and oxygen atoms in total. The highest BCUT2D eigenvalue weighted by Gasteiger charge is 2.06. The van der Waals surface area contributed by atoms with Crippen molar-refractivity contribution in [2.45, 2.75) is 19.8 Å². The molecule has 1 heterocycles. The Balaban J connectivity index is 2.13. The molecule has 0 radical (unpaired) electrons. The summed E-state index contributed by atoms with van der Waals surface area (Å²) in [5, 5.41) is 2.13. The van der Waals surface area contributed by atoms with Gasteiger partial charge in [-0.25, -0.2) is 0 Å². The lowest BCUT2D eigenvalue weighted by atomic mass is 10.0. The van der Waals surface area contributed by atoms with E-state index in [1.54, 1.807) is 7.11 Å². The van der Waals surface area contributed by atoms with Crippen LogP contribution in [0.5, 0.6) is 5.75 Å². The van der Waals surface area contributed by atoms with Gasteiger partial charge in [-0.1, -0.05) is 6.07 Å². The second kappa shape index (κ2) is 5.69. The van der Waals surface area contributed by atoms with Gasteiger partial charge in [0.2, 0.25) is 0 Å². The molecule has 0 atom stereocenters. The largest absolute Gasteiger partial charge is 0.496 e. The van der Waals surface area contributed by atoms with E-state index in [9.17, 15) is 0 Å². The second-order valence-electron chi connectivity index (χ2n) is 3.99.